The maximum absolute atomic E-state index is 12.5. The van der Waals surface area contributed by atoms with Crippen molar-refractivity contribution in [1.82, 2.24) is 14.7 Å². The van der Waals surface area contributed by atoms with E-state index in [0.29, 0.717) is 20.4 Å². The van der Waals surface area contributed by atoms with Crippen molar-refractivity contribution in [2.75, 3.05) is 4.90 Å². The number of nitrogens with one attached hydrogen (secondary N) is 1. The van der Waals surface area contributed by atoms with Crippen LogP contribution >= 0.6 is 38.9 Å². The predicted octanol–water partition coefficient (Wildman–Crippen LogP) is 5.50. The second kappa shape index (κ2) is 9.01. The van der Waals surface area contributed by atoms with Gasteiger partial charge in [-0.15, -0.1) is 16.1 Å². The normalized spacial score (nSPS) is 14.1. The van der Waals surface area contributed by atoms with Gasteiger partial charge in [-0.25, -0.2) is 9.78 Å². The second-order valence-electron chi connectivity index (χ2n) is 7.44. The van der Waals surface area contributed by atoms with Crippen molar-refractivity contribution in [1.29, 1.82) is 0 Å². The van der Waals surface area contributed by atoms with E-state index in [-0.39, 0.29) is 23.7 Å². The molecule has 0 aliphatic rings. The minimum Gasteiger partial charge on any atom is -0.598 e. The van der Waals surface area contributed by atoms with Crippen molar-refractivity contribution in [3.05, 3.63) is 38.8 Å². The molecule has 0 aromatic carbocycles. The smallest absolute Gasteiger partial charge is 0.413 e. The molecule has 1 amide bonds. The van der Waals surface area contributed by atoms with Gasteiger partial charge in [0.2, 0.25) is 5.28 Å². The lowest BCUT2D eigenvalue weighted by Crippen LogP contribution is -2.40. The summed E-state index contributed by atoms with van der Waals surface area (Å²) in [7, 11) is 0. The Balaban J connectivity index is 2.06. The van der Waals surface area contributed by atoms with Gasteiger partial charge in [-0.1, -0.05) is 0 Å². The van der Waals surface area contributed by atoms with Crippen molar-refractivity contribution in [3.8, 4) is 0 Å². The zero-order chi connectivity index (χ0) is 22.2. The molecule has 3 heterocycles. The Bertz CT molecular complexity index is 1050. The highest BCUT2D eigenvalue weighted by Gasteiger charge is 2.31. The molecule has 0 unspecified atom stereocenters. The first kappa shape index (κ1) is 23.3. The first-order valence-corrected chi connectivity index (χ1v) is 12.0. The number of halogens is 2. The van der Waals surface area contributed by atoms with Crippen molar-refractivity contribution < 1.29 is 18.9 Å². The van der Waals surface area contributed by atoms with Crippen LogP contribution in [-0.4, -0.2) is 30.5 Å². The number of nitrogens with zero attached hydrogens (tertiary/aromatic N) is 3. The Hall–Kier alpha value is -1.37. The lowest BCUT2D eigenvalue weighted by Gasteiger charge is -2.26. The molecule has 0 radical (unpaired) electrons. The third-order valence-electron chi connectivity index (χ3n) is 4.07. The average molecular weight is 536 g/mol. The number of anilines is 1. The molecule has 3 rings (SSSR count). The summed E-state index contributed by atoms with van der Waals surface area (Å²) >= 11 is 9.69. The van der Waals surface area contributed by atoms with Gasteiger partial charge in [-0.2, -0.15) is 4.98 Å². The molecule has 0 fully saturated rings. The van der Waals surface area contributed by atoms with Crippen molar-refractivity contribution in [2.24, 2.45) is 0 Å². The van der Waals surface area contributed by atoms with Gasteiger partial charge in [0.15, 0.2) is 5.82 Å². The number of aromatic nitrogens is 2. The van der Waals surface area contributed by atoms with E-state index in [0.717, 1.165) is 9.78 Å². The molecule has 0 saturated carbocycles. The zero-order valence-corrected chi connectivity index (χ0v) is 20.6. The van der Waals surface area contributed by atoms with Crippen LogP contribution in [0.25, 0.3) is 10.2 Å². The molecule has 3 aromatic heterocycles. The summed E-state index contributed by atoms with van der Waals surface area (Å²) in [6.07, 6.45) is 0.272. The fourth-order valence-corrected chi connectivity index (χ4v) is 5.74. The fraction of sp³-hybridized carbons (Fsp3) is 0.389. The number of fused-ring (bicyclic) bond motifs is 1. The third kappa shape index (κ3) is 4.92. The van der Waals surface area contributed by atoms with Gasteiger partial charge in [0.1, 0.15) is 16.0 Å². The largest absolute Gasteiger partial charge is 0.598 e. The first-order valence-electron chi connectivity index (χ1n) is 8.85. The summed E-state index contributed by atoms with van der Waals surface area (Å²) in [5.74, 6) is 0.627. The zero-order valence-electron chi connectivity index (χ0n) is 16.6. The number of rotatable bonds is 6. The van der Waals surface area contributed by atoms with E-state index in [2.05, 4.69) is 30.6 Å². The van der Waals surface area contributed by atoms with Crippen LogP contribution in [0.1, 0.15) is 44.4 Å². The van der Waals surface area contributed by atoms with Crippen LogP contribution in [0.2, 0.25) is 5.28 Å². The monoisotopic (exact) mass is 534 g/mol. The van der Waals surface area contributed by atoms with Crippen LogP contribution in [0.4, 0.5) is 10.6 Å². The Kier molecular flexibility index (Phi) is 7.00. The highest BCUT2D eigenvalue weighted by molar-refractivity contribution is 9.10. The van der Waals surface area contributed by atoms with Crippen LogP contribution in [0, 0.1) is 0 Å². The maximum atomic E-state index is 12.5. The second-order valence-corrected chi connectivity index (χ2v) is 11.6. The number of thiophene rings is 1. The van der Waals surface area contributed by atoms with Crippen molar-refractivity contribution >= 4 is 72.4 Å². The number of furan rings is 1. The third-order valence-corrected chi connectivity index (χ3v) is 8.34. The molecule has 0 spiro atoms. The van der Waals surface area contributed by atoms with Crippen LogP contribution in [-0.2, 0) is 17.9 Å². The Morgan fingerprint density at radius 2 is 2.20 bits per heavy atom. The number of hydrogen-bond donors (Lipinski definition) is 2. The SMILES string of the molecule is C[C@H](N[S@+]([O-])C(C)(C)C)c1sc2c(N(Cc3ccco3)C(=O)O)nc(Cl)nc2c1Br. The van der Waals surface area contributed by atoms with E-state index in [4.69, 9.17) is 16.0 Å². The standard InChI is InChI=1S/C18H20BrClN4O4S2/c1-9(23-30(27)18(2,3)4)13-11(19)12-14(29-13)15(22-16(20)21-12)24(17(25)26)8-10-6-5-7-28-10/h5-7,9,23H,8H2,1-4H3,(H,25,26)/t9-,30+/m0/s1. The number of carbonyl (C=O) groups is 1. The highest BCUT2D eigenvalue weighted by atomic mass is 79.9. The molecule has 162 valence electrons. The van der Waals surface area contributed by atoms with Gasteiger partial charge >= 0.3 is 6.09 Å². The Morgan fingerprint density at radius 1 is 1.50 bits per heavy atom. The lowest BCUT2D eigenvalue weighted by atomic mass is 10.3. The topological polar surface area (TPSA) is 115 Å². The number of amides is 1. The summed E-state index contributed by atoms with van der Waals surface area (Å²) in [5.41, 5.74) is 0.492. The summed E-state index contributed by atoms with van der Waals surface area (Å²) in [5, 5.41) is 9.71. The number of hydrogen-bond acceptors (Lipinski definition) is 7. The molecule has 30 heavy (non-hydrogen) atoms. The van der Waals surface area contributed by atoms with Crippen LogP contribution < -0.4 is 9.62 Å². The predicted molar refractivity (Wildman–Crippen MR) is 122 cm³/mol. The van der Waals surface area contributed by atoms with Gasteiger partial charge in [0.05, 0.1) is 28.0 Å². The van der Waals surface area contributed by atoms with E-state index in [9.17, 15) is 14.5 Å². The van der Waals surface area contributed by atoms with Gasteiger partial charge in [0, 0.05) is 16.2 Å². The molecule has 0 bridgehead atoms. The molecule has 3 aromatic rings. The van der Waals surface area contributed by atoms with Crippen molar-refractivity contribution in [3.63, 3.8) is 0 Å². The van der Waals surface area contributed by atoms with Gasteiger partial charge in [0.25, 0.3) is 0 Å². The van der Waals surface area contributed by atoms with Gasteiger partial charge < -0.3 is 14.1 Å². The van der Waals surface area contributed by atoms with Crippen LogP contribution in [0.3, 0.4) is 0 Å². The highest BCUT2D eigenvalue weighted by Crippen LogP contribution is 2.43. The molecule has 2 N–H and O–H groups in total. The molecule has 8 nitrogen and oxygen atoms in total. The summed E-state index contributed by atoms with van der Waals surface area (Å²) in [6.45, 7) is 7.49. The molecule has 0 aliphatic carbocycles. The Morgan fingerprint density at radius 3 is 2.77 bits per heavy atom. The average Bonchev–Trinajstić information content (AvgIpc) is 3.26. The fourth-order valence-electron chi connectivity index (χ4n) is 2.57. The summed E-state index contributed by atoms with van der Waals surface area (Å²) in [4.78, 5) is 22.3. The molecular formula is C18H20BrClN4O4S2. The Labute approximate surface area is 194 Å². The molecular weight excluding hydrogens is 516 g/mol. The van der Waals surface area contributed by atoms with E-state index in [1.54, 1.807) is 12.1 Å². The van der Waals surface area contributed by atoms with E-state index in [1.807, 2.05) is 27.7 Å². The molecule has 0 saturated heterocycles. The van der Waals surface area contributed by atoms with Crippen molar-refractivity contribution in [2.45, 2.75) is 45.0 Å². The van der Waals surface area contributed by atoms with Crippen LogP contribution in [0.5, 0.6) is 0 Å². The minimum absolute atomic E-state index is 0.0303. The summed E-state index contributed by atoms with van der Waals surface area (Å²) in [6, 6.07) is 3.08. The van der Waals surface area contributed by atoms with E-state index < -0.39 is 22.2 Å². The van der Waals surface area contributed by atoms with Crippen LogP contribution in [0.15, 0.2) is 27.3 Å². The molecule has 12 heteroatoms. The first-order chi connectivity index (χ1) is 14.0. The summed E-state index contributed by atoms with van der Waals surface area (Å²) < 4.78 is 21.7. The lowest BCUT2D eigenvalue weighted by molar-refractivity contribution is 0.200. The van der Waals surface area contributed by atoms with Gasteiger partial charge in [-0.3, -0.25) is 4.90 Å². The number of carboxylic acid groups (broad SMARTS) is 1. The quantitative estimate of drug-likeness (QED) is 0.316. The minimum atomic E-state index is -1.29. The molecule has 2 atom stereocenters. The van der Waals surface area contributed by atoms with E-state index >= 15 is 0 Å². The van der Waals surface area contributed by atoms with E-state index in [1.165, 1.54) is 17.6 Å². The van der Waals surface area contributed by atoms with Gasteiger partial charge in [-0.05, 0) is 67.4 Å². The maximum Gasteiger partial charge on any atom is 0.413 e. The molecule has 0 aliphatic heterocycles.